The fourth-order valence-corrected chi connectivity index (χ4v) is 2.85. The Labute approximate surface area is 133 Å². The Morgan fingerprint density at radius 1 is 1.48 bits per heavy atom. The van der Waals surface area contributed by atoms with E-state index in [-0.39, 0.29) is 23.9 Å². The van der Waals surface area contributed by atoms with E-state index in [0.717, 1.165) is 37.2 Å². The van der Waals surface area contributed by atoms with E-state index in [9.17, 15) is 4.79 Å². The van der Waals surface area contributed by atoms with Crippen molar-refractivity contribution < 1.29 is 4.79 Å². The van der Waals surface area contributed by atoms with Crippen LogP contribution in [-0.2, 0) is 12.0 Å². The highest BCUT2D eigenvalue weighted by Gasteiger charge is 2.30. The number of rotatable bonds is 3. The average molecular weight is 315 g/mol. The van der Waals surface area contributed by atoms with E-state index >= 15 is 0 Å². The van der Waals surface area contributed by atoms with Gasteiger partial charge in [-0.3, -0.25) is 9.48 Å². The molecule has 120 valence electrons. The molecule has 0 bridgehead atoms. The molecular weight excluding hydrogens is 288 g/mol. The van der Waals surface area contributed by atoms with E-state index in [4.69, 9.17) is 5.73 Å². The van der Waals surface area contributed by atoms with E-state index in [1.54, 1.807) is 6.20 Å². The molecule has 21 heavy (non-hydrogen) atoms. The summed E-state index contributed by atoms with van der Waals surface area (Å²) in [5.74, 6) is 0.551. The van der Waals surface area contributed by atoms with Gasteiger partial charge in [0.1, 0.15) is 0 Å². The first-order chi connectivity index (χ1) is 9.38. The first kappa shape index (κ1) is 18.0. The lowest BCUT2D eigenvalue weighted by atomic mass is 10.1. The minimum Gasteiger partial charge on any atom is -0.338 e. The standard InChI is InChI=1S/C15H26N4O.ClH/c1-5-13-12(9-17-19(13)15(2,3)4)14(20)18-7-6-11(8-16)10-18;/h9,11H,5-8,10,16H2,1-4H3;1H. The fraction of sp³-hybridized carbons (Fsp3) is 0.733. The lowest BCUT2D eigenvalue weighted by Crippen LogP contribution is -2.31. The van der Waals surface area contributed by atoms with Crippen molar-refractivity contribution in [2.24, 2.45) is 11.7 Å². The second-order valence-corrected chi connectivity index (χ2v) is 6.58. The van der Waals surface area contributed by atoms with Gasteiger partial charge in [0.15, 0.2) is 0 Å². The van der Waals surface area contributed by atoms with Gasteiger partial charge in [0.2, 0.25) is 0 Å². The fourth-order valence-electron chi connectivity index (χ4n) is 2.85. The van der Waals surface area contributed by atoms with Crippen molar-refractivity contribution in [3.05, 3.63) is 17.5 Å². The molecule has 6 heteroatoms. The Hall–Kier alpha value is -1.07. The van der Waals surface area contributed by atoms with Crippen LogP contribution in [0.5, 0.6) is 0 Å². The maximum atomic E-state index is 12.7. The molecular formula is C15H27ClN4O. The number of carbonyl (C=O) groups excluding carboxylic acids is 1. The summed E-state index contributed by atoms with van der Waals surface area (Å²) < 4.78 is 1.97. The van der Waals surface area contributed by atoms with Crippen molar-refractivity contribution in [3.63, 3.8) is 0 Å². The van der Waals surface area contributed by atoms with Gasteiger partial charge in [0, 0.05) is 13.1 Å². The molecule has 1 aliphatic rings. The topological polar surface area (TPSA) is 64.2 Å². The molecule has 0 aromatic carbocycles. The van der Waals surface area contributed by atoms with Crippen molar-refractivity contribution >= 4 is 18.3 Å². The summed E-state index contributed by atoms with van der Waals surface area (Å²) in [5, 5.41) is 4.43. The van der Waals surface area contributed by atoms with E-state index in [0.29, 0.717) is 12.5 Å². The third-order valence-corrected chi connectivity index (χ3v) is 3.98. The highest BCUT2D eigenvalue weighted by molar-refractivity contribution is 5.95. The van der Waals surface area contributed by atoms with Gasteiger partial charge in [-0.05, 0) is 46.1 Å². The number of hydrogen-bond acceptors (Lipinski definition) is 3. The molecule has 5 nitrogen and oxygen atoms in total. The third kappa shape index (κ3) is 3.58. The largest absolute Gasteiger partial charge is 0.338 e. The first-order valence-electron chi connectivity index (χ1n) is 7.45. The smallest absolute Gasteiger partial charge is 0.257 e. The van der Waals surface area contributed by atoms with Crippen LogP contribution >= 0.6 is 12.4 Å². The Balaban J connectivity index is 0.00000220. The molecule has 1 fully saturated rings. The number of carbonyl (C=O) groups is 1. The minimum absolute atomic E-state index is 0. The summed E-state index contributed by atoms with van der Waals surface area (Å²) in [5.41, 5.74) is 7.37. The van der Waals surface area contributed by atoms with Crippen LogP contribution in [0.1, 0.15) is 50.2 Å². The molecule has 0 aliphatic carbocycles. The summed E-state index contributed by atoms with van der Waals surface area (Å²) in [7, 11) is 0. The average Bonchev–Trinajstić information content (AvgIpc) is 3.03. The number of amides is 1. The normalized spacial score (nSPS) is 18.7. The predicted octanol–water partition coefficient (Wildman–Crippen LogP) is 2.04. The lowest BCUT2D eigenvalue weighted by Gasteiger charge is -2.23. The molecule has 1 amide bonds. The zero-order valence-corrected chi connectivity index (χ0v) is 14.2. The van der Waals surface area contributed by atoms with Gasteiger partial charge < -0.3 is 10.6 Å². The zero-order chi connectivity index (χ0) is 14.9. The van der Waals surface area contributed by atoms with E-state index in [2.05, 4.69) is 32.8 Å². The van der Waals surface area contributed by atoms with Gasteiger partial charge in [0.05, 0.1) is 23.0 Å². The van der Waals surface area contributed by atoms with Crippen LogP contribution in [0.15, 0.2) is 6.20 Å². The molecule has 0 spiro atoms. The van der Waals surface area contributed by atoms with E-state index < -0.39 is 0 Å². The lowest BCUT2D eigenvalue weighted by molar-refractivity contribution is 0.0786. The highest BCUT2D eigenvalue weighted by atomic mass is 35.5. The van der Waals surface area contributed by atoms with Gasteiger partial charge >= 0.3 is 0 Å². The van der Waals surface area contributed by atoms with Crippen LogP contribution in [-0.4, -0.2) is 40.2 Å². The second-order valence-electron chi connectivity index (χ2n) is 6.58. The summed E-state index contributed by atoms with van der Waals surface area (Å²) in [4.78, 5) is 14.6. The van der Waals surface area contributed by atoms with Crippen molar-refractivity contribution in [3.8, 4) is 0 Å². The third-order valence-electron chi connectivity index (χ3n) is 3.98. The molecule has 1 atom stereocenters. The van der Waals surface area contributed by atoms with Gasteiger partial charge in [-0.25, -0.2) is 0 Å². The summed E-state index contributed by atoms with van der Waals surface area (Å²) in [6, 6.07) is 0. The summed E-state index contributed by atoms with van der Waals surface area (Å²) in [6.45, 7) is 10.6. The Morgan fingerprint density at radius 3 is 2.62 bits per heavy atom. The van der Waals surface area contributed by atoms with Crippen LogP contribution in [0.3, 0.4) is 0 Å². The second kappa shape index (κ2) is 6.79. The Kier molecular flexibility index (Phi) is 5.82. The molecule has 1 aromatic heterocycles. The number of nitrogens with zero attached hydrogens (tertiary/aromatic N) is 3. The van der Waals surface area contributed by atoms with Crippen LogP contribution in [0.25, 0.3) is 0 Å². The molecule has 2 N–H and O–H groups in total. The molecule has 0 saturated carbocycles. The number of halogens is 1. The van der Waals surface area contributed by atoms with Crippen molar-refractivity contribution in [1.82, 2.24) is 14.7 Å². The maximum absolute atomic E-state index is 12.7. The Morgan fingerprint density at radius 2 is 2.14 bits per heavy atom. The van der Waals surface area contributed by atoms with Gasteiger partial charge in [-0.15, -0.1) is 12.4 Å². The first-order valence-corrected chi connectivity index (χ1v) is 7.45. The van der Waals surface area contributed by atoms with Crippen LogP contribution in [0, 0.1) is 5.92 Å². The number of nitrogens with two attached hydrogens (primary N) is 1. The summed E-state index contributed by atoms with van der Waals surface area (Å²) >= 11 is 0. The number of aromatic nitrogens is 2. The number of likely N-dealkylation sites (tertiary alicyclic amines) is 1. The van der Waals surface area contributed by atoms with Crippen molar-refractivity contribution in [2.45, 2.75) is 46.1 Å². The van der Waals surface area contributed by atoms with Crippen LogP contribution < -0.4 is 5.73 Å². The van der Waals surface area contributed by atoms with E-state index in [1.807, 2.05) is 9.58 Å². The van der Waals surface area contributed by atoms with Crippen molar-refractivity contribution in [2.75, 3.05) is 19.6 Å². The molecule has 1 aromatic rings. The molecule has 1 unspecified atom stereocenters. The number of hydrogen-bond donors (Lipinski definition) is 1. The quantitative estimate of drug-likeness (QED) is 0.928. The molecule has 2 heterocycles. The van der Waals surface area contributed by atoms with Gasteiger partial charge in [0.25, 0.3) is 5.91 Å². The highest BCUT2D eigenvalue weighted by Crippen LogP contribution is 2.23. The zero-order valence-electron chi connectivity index (χ0n) is 13.4. The predicted molar refractivity (Wildman–Crippen MR) is 86.9 cm³/mol. The Bertz CT molecular complexity index is 492. The van der Waals surface area contributed by atoms with E-state index in [1.165, 1.54) is 0 Å². The van der Waals surface area contributed by atoms with Gasteiger partial charge in [-0.1, -0.05) is 6.92 Å². The molecule has 1 saturated heterocycles. The molecule has 0 radical (unpaired) electrons. The summed E-state index contributed by atoms with van der Waals surface area (Å²) in [6.07, 6.45) is 3.55. The SMILES string of the molecule is CCc1c(C(=O)N2CCC(CN)C2)cnn1C(C)(C)C.Cl. The maximum Gasteiger partial charge on any atom is 0.257 e. The van der Waals surface area contributed by atoms with Crippen molar-refractivity contribution in [1.29, 1.82) is 0 Å². The van der Waals surface area contributed by atoms with Gasteiger partial charge in [-0.2, -0.15) is 5.10 Å². The molecule has 1 aliphatic heterocycles. The minimum atomic E-state index is -0.103. The molecule has 2 rings (SSSR count). The monoisotopic (exact) mass is 314 g/mol. The van der Waals surface area contributed by atoms with Crippen LogP contribution in [0.2, 0.25) is 0 Å². The van der Waals surface area contributed by atoms with Crippen LogP contribution in [0.4, 0.5) is 0 Å².